The lowest BCUT2D eigenvalue weighted by Gasteiger charge is -2.05. The highest BCUT2D eigenvalue weighted by molar-refractivity contribution is 5.28. The minimum Gasteiger partial charge on any atom is -0.493 e. The van der Waals surface area contributed by atoms with Crippen molar-refractivity contribution in [1.82, 2.24) is 0 Å². The van der Waals surface area contributed by atoms with E-state index in [1.165, 1.54) is 5.56 Å². The predicted molar refractivity (Wildman–Crippen MR) is 58.1 cm³/mol. The molecule has 1 aromatic rings. The van der Waals surface area contributed by atoms with Gasteiger partial charge in [-0.15, -0.1) is 12.3 Å². The van der Waals surface area contributed by atoms with E-state index in [1.54, 1.807) is 0 Å². The maximum atomic E-state index is 5.46. The summed E-state index contributed by atoms with van der Waals surface area (Å²) in [6, 6.07) is 7.94. The minimum absolute atomic E-state index is 0.572. The zero-order valence-electron chi connectivity index (χ0n) is 8.20. The molecule has 0 bridgehead atoms. The Labute approximate surface area is 85.1 Å². The van der Waals surface area contributed by atoms with Crippen molar-refractivity contribution in [2.45, 2.75) is 12.8 Å². The Balaban J connectivity index is 2.51. The van der Waals surface area contributed by atoms with Crippen molar-refractivity contribution in [3.8, 4) is 18.1 Å². The second kappa shape index (κ2) is 6.06. The number of hydrogen-bond donors (Lipinski definition) is 1. The van der Waals surface area contributed by atoms with E-state index in [2.05, 4.69) is 5.92 Å². The summed E-state index contributed by atoms with van der Waals surface area (Å²) in [5.41, 5.74) is 6.66. The molecule has 0 saturated carbocycles. The molecule has 0 aliphatic carbocycles. The third kappa shape index (κ3) is 3.51. The normalized spacial score (nSPS) is 9.43. The Morgan fingerprint density at radius 1 is 1.43 bits per heavy atom. The highest BCUT2D eigenvalue weighted by Crippen LogP contribution is 2.13. The molecular weight excluding hydrogens is 174 g/mol. The summed E-state index contributed by atoms with van der Waals surface area (Å²) in [7, 11) is 0. The van der Waals surface area contributed by atoms with Crippen molar-refractivity contribution < 1.29 is 4.74 Å². The van der Waals surface area contributed by atoms with E-state index < -0.39 is 0 Å². The molecule has 0 saturated heterocycles. The van der Waals surface area contributed by atoms with Crippen LogP contribution in [0.3, 0.4) is 0 Å². The lowest BCUT2D eigenvalue weighted by atomic mass is 10.1. The summed E-state index contributed by atoms with van der Waals surface area (Å²) in [5.74, 6) is 3.40. The topological polar surface area (TPSA) is 35.2 Å². The molecule has 2 nitrogen and oxygen atoms in total. The molecule has 0 fully saturated rings. The lowest BCUT2D eigenvalue weighted by Crippen LogP contribution is -2.03. The molecule has 1 aromatic carbocycles. The zero-order chi connectivity index (χ0) is 10.2. The van der Waals surface area contributed by atoms with Gasteiger partial charge >= 0.3 is 0 Å². The van der Waals surface area contributed by atoms with Crippen LogP contribution in [0.1, 0.15) is 12.0 Å². The third-order valence-corrected chi connectivity index (χ3v) is 1.85. The minimum atomic E-state index is 0.572. The van der Waals surface area contributed by atoms with Gasteiger partial charge < -0.3 is 10.5 Å². The SMILES string of the molecule is C#CCCOc1cccc(CCN)c1. The van der Waals surface area contributed by atoms with Crippen LogP contribution in [0.25, 0.3) is 0 Å². The highest BCUT2D eigenvalue weighted by atomic mass is 16.5. The van der Waals surface area contributed by atoms with Gasteiger partial charge in [-0.1, -0.05) is 12.1 Å². The molecule has 74 valence electrons. The Kier molecular flexibility index (Phi) is 4.60. The summed E-state index contributed by atoms with van der Waals surface area (Å²) in [6.45, 7) is 1.23. The number of nitrogens with two attached hydrogens (primary N) is 1. The Morgan fingerprint density at radius 2 is 2.29 bits per heavy atom. The molecule has 14 heavy (non-hydrogen) atoms. The van der Waals surface area contributed by atoms with Crippen molar-refractivity contribution >= 4 is 0 Å². The molecule has 0 aliphatic rings. The molecule has 0 atom stereocenters. The van der Waals surface area contributed by atoms with Crippen molar-refractivity contribution in [3.05, 3.63) is 29.8 Å². The van der Waals surface area contributed by atoms with Crippen LogP contribution < -0.4 is 10.5 Å². The molecule has 2 N–H and O–H groups in total. The molecule has 0 heterocycles. The lowest BCUT2D eigenvalue weighted by molar-refractivity contribution is 0.327. The van der Waals surface area contributed by atoms with Crippen LogP contribution in [-0.4, -0.2) is 13.2 Å². The van der Waals surface area contributed by atoms with Gasteiger partial charge in [0.15, 0.2) is 0 Å². The fourth-order valence-electron chi connectivity index (χ4n) is 1.19. The standard InChI is InChI=1S/C12H15NO/c1-2-3-9-14-12-6-4-5-11(10-12)7-8-13/h1,4-6,10H,3,7-9,13H2. The second-order valence-electron chi connectivity index (χ2n) is 2.99. The van der Waals surface area contributed by atoms with E-state index in [-0.39, 0.29) is 0 Å². The van der Waals surface area contributed by atoms with Gasteiger partial charge in [0.25, 0.3) is 0 Å². The van der Waals surface area contributed by atoms with E-state index >= 15 is 0 Å². The van der Waals surface area contributed by atoms with Gasteiger partial charge in [0.05, 0.1) is 6.61 Å². The maximum Gasteiger partial charge on any atom is 0.119 e. The van der Waals surface area contributed by atoms with Gasteiger partial charge in [-0.05, 0) is 30.7 Å². The van der Waals surface area contributed by atoms with Gasteiger partial charge in [-0.2, -0.15) is 0 Å². The monoisotopic (exact) mass is 189 g/mol. The van der Waals surface area contributed by atoms with Gasteiger partial charge in [-0.25, -0.2) is 0 Å². The van der Waals surface area contributed by atoms with E-state index in [1.807, 2.05) is 24.3 Å². The number of terminal acetylenes is 1. The number of hydrogen-bond acceptors (Lipinski definition) is 2. The summed E-state index contributed by atoms with van der Waals surface area (Å²) in [4.78, 5) is 0. The average Bonchev–Trinajstić information content (AvgIpc) is 2.19. The molecule has 0 aliphatic heterocycles. The van der Waals surface area contributed by atoms with Crippen LogP contribution in [-0.2, 0) is 6.42 Å². The Morgan fingerprint density at radius 3 is 3.00 bits per heavy atom. The second-order valence-corrected chi connectivity index (χ2v) is 2.99. The van der Waals surface area contributed by atoms with Crippen LogP contribution in [0.15, 0.2) is 24.3 Å². The molecule has 0 unspecified atom stereocenters. The summed E-state index contributed by atoms with van der Waals surface area (Å²) in [5, 5.41) is 0. The first-order valence-electron chi connectivity index (χ1n) is 4.72. The largest absolute Gasteiger partial charge is 0.493 e. The van der Waals surface area contributed by atoms with Gasteiger partial charge in [0.2, 0.25) is 0 Å². The van der Waals surface area contributed by atoms with Crippen LogP contribution in [0, 0.1) is 12.3 Å². The fraction of sp³-hybridized carbons (Fsp3) is 0.333. The summed E-state index contributed by atoms with van der Waals surface area (Å²) < 4.78 is 5.45. The molecular formula is C12H15NO. The quantitative estimate of drug-likeness (QED) is 0.564. The number of ether oxygens (including phenoxy) is 1. The first-order chi connectivity index (χ1) is 6.86. The highest BCUT2D eigenvalue weighted by Gasteiger charge is 1.95. The number of rotatable bonds is 5. The molecule has 0 aromatic heterocycles. The van der Waals surface area contributed by atoms with Crippen molar-refractivity contribution in [1.29, 1.82) is 0 Å². The third-order valence-electron chi connectivity index (χ3n) is 1.85. The van der Waals surface area contributed by atoms with Crippen molar-refractivity contribution in [3.63, 3.8) is 0 Å². The first kappa shape index (κ1) is 10.6. The van der Waals surface area contributed by atoms with Crippen LogP contribution in [0.5, 0.6) is 5.75 Å². The predicted octanol–water partition coefficient (Wildman–Crippen LogP) is 1.59. The maximum absolute atomic E-state index is 5.46. The first-order valence-corrected chi connectivity index (χ1v) is 4.72. The Hall–Kier alpha value is -1.46. The van der Waals surface area contributed by atoms with Crippen molar-refractivity contribution in [2.24, 2.45) is 5.73 Å². The molecule has 0 spiro atoms. The van der Waals surface area contributed by atoms with E-state index in [0.29, 0.717) is 19.6 Å². The van der Waals surface area contributed by atoms with Crippen molar-refractivity contribution in [2.75, 3.05) is 13.2 Å². The molecule has 2 heteroatoms. The van der Waals surface area contributed by atoms with Gasteiger partial charge in [0, 0.05) is 6.42 Å². The van der Waals surface area contributed by atoms with E-state index in [9.17, 15) is 0 Å². The van der Waals surface area contributed by atoms with Gasteiger partial charge in [0.1, 0.15) is 5.75 Å². The van der Waals surface area contributed by atoms with Crippen LogP contribution in [0.2, 0.25) is 0 Å². The Bertz CT molecular complexity index is 314. The van der Waals surface area contributed by atoms with Crippen LogP contribution >= 0.6 is 0 Å². The van der Waals surface area contributed by atoms with Crippen LogP contribution in [0.4, 0.5) is 0 Å². The van der Waals surface area contributed by atoms with Gasteiger partial charge in [-0.3, -0.25) is 0 Å². The smallest absolute Gasteiger partial charge is 0.119 e. The molecule has 0 radical (unpaired) electrons. The average molecular weight is 189 g/mol. The fourth-order valence-corrected chi connectivity index (χ4v) is 1.19. The number of benzene rings is 1. The zero-order valence-corrected chi connectivity index (χ0v) is 8.20. The summed E-state index contributed by atoms with van der Waals surface area (Å²) in [6.07, 6.45) is 6.65. The molecule has 0 amide bonds. The summed E-state index contributed by atoms with van der Waals surface area (Å²) >= 11 is 0. The van der Waals surface area contributed by atoms with E-state index in [0.717, 1.165) is 12.2 Å². The molecule has 1 rings (SSSR count). The van der Waals surface area contributed by atoms with E-state index in [4.69, 9.17) is 16.9 Å².